The molecule has 1 rings (SSSR count). The van der Waals surface area contributed by atoms with Gasteiger partial charge in [0.2, 0.25) is 5.91 Å². The van der Waals surface area contributed by atoms with Crippen LogP contribution in [0.25, 0.3) is 0 Å². The first-order chi connectivity index (χ1) is 9.93. The van der Waals surface area contributed by atoms with E-state index < -0.39 is 5.97 Å². The number of aryl methyl sites for hydroxylation is 1. The van der Waals surface area contributed by atoms with Gasteiger partial charge in [-0.05, 0) is 32.0 Å². The monoisotopic (exact) mass is 292 g/mol. The van der Waals surface area contributed by atoms with Crippen LogP contribution in [0.1, 0.15) is 42.6 Å². The van der Waals surface area contributed by atoms with Crippen molar-refractivity contribution in [3.05, 3.63) is 29.3 Å². The van der Waals surface area contributed by atoms with Gasteiger partial charge in [0.1, 0.15) is 0 Å². The van der Waals surface area contributed by atoms with Crippen molar-refractivity contribution < 1.29 is 14.3 Å². The van der Waals surface area contributed by atoms with E-state index in [1.54, 1.807) is 12.1 Å². The molecule has 1 aromatic rings. The Morgan fingerprint density at radius 1 is 1.29 bits per heavy atom. The van der Waals surface area contributed by atoms with Crippen molar-refractivity contribution in [3.8, 4) is 0 Å². The summed E-state index contributed by atoms with van der Waals surface area (Å²) in [5.74, 6) is -0.551. The van der Waals surface area contributed by atoms with E-state index in [9.17, 15) is 9.59 Å². The molecule has 5 nitrogen and oxygen atoms in total. The Morgan fingerprint density at radius 3 is 2.62 bits per heavy atom. The van der Waals surface area contributed by atoms with E-state index in [0.717, 1.165) is 18.5 Å². The summed E-state index contributed by atoms with van der Waals surface area (Å²) in [6.07, 6.45) is 1.16. The van der Waals surface area contributed by atoms with E-state index in [1.807, 2.05) is 13.0 Å². The van der Waals surface area contributed by atoms with Crippen LogP contribution < -0.4 is 10.6 Å². The Hall–Kier alpha value is -1.88. The molecule has 0 unspecified atom stereocenters. The van der Waals surface area contributed by atoms with E-state index in [2.05, 4.69) is 24.5 Å². The SMILES string of the molecule is COC(=O)c1cc(C)ccc1NC(=O)CCCNC(C)C. The fourth-order valence-corrected chi connectivity index (χ4v) is 1.90. The maximum Gasteiger partial charge on any atom is 0.339 e. The third kappa shape index (κ3) is 5.95. The quantitative estimate of drug-likeness (QED) is 0.598. The number of esters is 1. The number of nitrogens with one attached hydrogen (secondary N) is 2. The molecule has 116 valence electrons. The molecular weight excluding hydrogens is 268 g/mol. The lowest BCUT2D eigenvalue weighted by atomic mass is 10.1. The molecule has 0 bridgehead atoms. The number of benzene rings is 1. The number of carbonyl (C=O) groups excluding carboxylic acids is 2. The number of methoxy groups -OCH3 is 1. The van der Waals surface area contributed by atoms with E-state index >= 15 is 0 Å². The molecule has 0 aromatic heterocycles. The number of ether oxygens (including phenoxy) is 1. The van der Waals surface area contributed by atoms with Crippen LogP contribution in [0, 0.1) is 6.92 Å². The fourth-order valence-electron chi connectivity index (χ4n) is 1.90. The van der Waals surface area contributed by atoms with Crippen LogP contribution in [-0.4, -0.2) is 31.6 Å². The van der Waals surface area contributed by atoms with Gasteiger partial charge in [-0.3, -0.25) is 4.79 Å². The summed E-state index contributed by atoms with van der Waals surface area (Å²) in [6, 6.07) is 5.70. The zero-order valence-electron chi connectivity index (χ0n) is 13.2. The number of rotatable bonds is 7. The molecule has 0 heterocycles. The van der Waals surface area contributed by atoms with Crippen molar-refractivity contribution in [1.29, 1.82) is 0 Å². The molecule has 2 N–H and O–H groups in total. The lowest BCUT2D eigenvalue weighted by Crippen LogP contribution is -2.25. The number of carbonyl (C=O) groups is 2. The molecular formula is C16H24N2O3. The van der Waals surface area contributed by atoms with Gasteiger partial charge in [0, 0.05) is 12.5 Å². The number of hydrogen-bond donors (Lipinski definition) is 2. The summed E-state index contributed by atoms with van der Waals surface area (Å²) in [5.41, 5.74) is 1.81. The second-order valence-corrected chi connectivity index (χ2v) is 5.30. The number of amides is 1. The average Bonchev–Trinajstić information content (AvgIpc) is 2.44. The summed E-state index contributed by atoms with van der Waals surface area (Å²) >= 11 is 0. The van der Waals surface area contributed by atoms with Gasteiger partial charge >= 0.3 is 5.97 Å². The highest BCUT2D eigenvalue weighted by molar-refractivity contribution is 6.01. The minimum absolute atomic E-state index is 0.102. The predicted octanol–water partition coefficient (Wildman–Crippen LogP) is 2.50. The van der Waals surface area contributed by atoms with E-state index in [0.29, 0.717) is 23.7 Å². The topological polar surface area (TPSA) is 67.4 Å². The highest BCUT2D eigenvalue weighted by Gasteiger charge is 2.14. The van der Waals surface area contributed by atoms with Crippen molar-refractivity contribution >= 4 is 17.6 Å². The number of hydrogen-bond acceptors (Lipinski definition) is 4. The molecule has 0 saturated carbocycles. The Kier molecular flexibility index (Phi) is 6.88. The third-order valence-electron chi connectivity index (χ3n) is 2.99. The molecule has 0 fully saturated rings. The summed E-state index contributed by atoms with van der Waals surface area (Å²) in [7, 11) is 1.33. The highest BCUT2D eigenvalue weighted by Crippen LogP contribution is 2.18. The van der Waals surface area contributed by atoms with Crippen LogP contribution in [-0.2, 0) is 9.53 Å². The largest absolute Gasteiger partial charge is 0.465 e. The average molecular weight is 292 g/mol. The van der Waals surface area contributed by atoms with Gasteiger partial charge in [-0.1, -0.05) is 25.5 Å². The first-order valence-electron chi connectivity index (χ1n) is 7.16. The first kappa shape index (κ1) is 17.2. The maximum absolute atomic E-state index is 11.9. The van der Waals surface area contributed by atoms with Crippen molar-refractivity contribution in [1.82, 2.24) is 5.32 Å². The molecule has 1 amide bonds. The highest BCUT2D eigenvalue weighted by atomic mass is 16.5. The van der Waals surface area contributed by atoms with Gasteiger partial charge in [0.15, 0.2) is 0 Å². The van der Waals surface area contributed by atoms with Crippen LogP contribution in [0.15, 0.2) is 18.2 Å². The molecule has 0 radical (unpaired) electrons. The smallest absolute Gasteiger partial charge is 0.339 e. The zero-order valence-corrected chi connectivity index (χ0v) is 13.2. The second-order valence-electron chi connectivity index (χ2n) is 5.30. The molecule has 0 aliphatic rings. The van der Waals surface area contributed by atoms with Gasteiger partial charge in [-0.15, -0.1) is 0 Å². The lowest BCUT2D eigenvalue weighted by molar-refractivity contribution is -0.116. The second kappa shape index (κ2) is 8.42. The maximum atomic E-state index is 11.9. The van der Waals surface area contributed by atoms with Gasteiger partial charge in [-0.25, -0.2) is 4.79 Å². The standard InChI is InChI=1S/C16H24N2O3/c1-11(2)17-9-5-6-15(19)18-14-8-7-12(3)10-13(14)16(20)21-4/h7-8,10-11,17H,5-6,9H2,1-4H3,(H,18,19). The van der Waals surface area contributed by atoms with Crippen molar-refractivity contribution in [2.24, 2.45) is 0 Å². The summed E-state index contributed by atoms with van der Waals surface area (Å²) in [4.78, 5) is 23.6. The molecule has 0 aliphatic heterocycles. The molecule has 1 aromatic carbocycles. The molecule has 5 heteroatoms. The van der Waals surface area contributed by atoms with Crippen LogP contribution in [0.4, 0.5) is 5.69 Å². The molecule has 0 atom stereocenters. The lowest BCUT2D eigenvalue weighted by Gasteiger charge is -2.11. The van der Waals surface area contributed by atoms with Gasteiger partial charge < -0.3 is 15.4 Å². The van der Waals surface area contributed by atoms with Crippen LogP contribution in [0.3, 0.4) is 0 Å². The van der Waals surface area contributed by atoms with E-state index in [-0.39, 0.29) is 5.91 Å². The van der Waals surface area contributed by atoms with E-state index in [1.165, 1.54) is 7.11 Å². The van der Waals surface area contributed by atoms with Crippen LogP contribution in [0.5, 0.6) is 0 Å². The Labute approximate surface area is 126 Å². The predicted molar refractivity (Wildman–Crippen MR) is 83.5 cm³/mol. The minimum atomic E-state index is -0.449. The molecule has 0 saturated heterocycles. The van der Waals surface area contributed by atoms with E-state index in [4.69, 9.17) is 4.74 Å². The van der Waals surface area contributed by atoms with Crippen molar-refractivity contribution in [2.75, 3.05) is 19.0 Å². The number of anilines is 1. The van der Waals surface area contributed by atoms with Gasteiger partial charge in [-0.2, -0.15) is 0 Å². The Morgan fingerprint density at radius 2 is 2.00 bits per heavy atom. The molecule has 21 heavy (non-hydrogen) atoms. The zero-order chi connectivity index (χ0) is 15.8. The summed E-state index contributed by atoms with van der Waals surface area (Å²) < 4.78 is 4.74. The Balaban J connectivity index is 2.61. The van der Waals surface area contributed by atoms with Gasteiger partial charge in [0.25, 0.3) is 0 Å². The summed E-state index contributed by atoms with van der Waals surface area (Å²) in [5, 5.41) is 6.03. The summed E-state index contributed by atoms with van der Waals surface area (Å²) in [6.45, 7) is 6.81. The van der Waals surface area contributed by atoms with Crippen molar-refractivity contribution in [3.63, 3.8) is 0 Å². The van der Waals surface area contributed by atoms with Crippen LogP contribution in [0.2, 0.25) is 0 Å². The minimum Gasteiger partial charge on any atom is -0.465 e. The third-order valence-corrected chi connectivity index (χ3v) is 2.99. The van der Waals surface area contributed by atoms with Crippen LogP contribution >= 0.6 is 0 Å². The fraction of sp³-hybridized carbons (Fsp3) is 0.500. The van der Waals surface area contributed by atoms with Crippen molar-refractivity contribution in [2.45, 2.75) is 39.7 Å². The molecule has 0 aliphatic carbocycles. The normalized spacial score (nSPS) is 10.5. The van der Waals surface area contributed by atoms with Gasteiger partial charge in [0.05, 0.1) is 18.4 Å². The Bertz CT molecular complexity index is 498. The first-order valence-corrected chi connectivity index (χ1v) is 7.16. The molecule has 0 spiro atoms.